The van der Waals surface area contributed by atoms with E-state index in [1.54, 1.807) is 0 Å². The highest BCUT2D eigenvalue weighted by Crippen LogP contribution is 2.47. The quantitative estimate of drug-likeness (QED) is 0.165. The number of hydrogen-bond acceptors (Lipinski definition) is 3. The number of pyridine rings is 1. The number of aromatic nitrogens is 3. The molecule has 2 heterocycles. The third kappa shape index (κ3) is 9.30. The van der Waals surface area contributed by atoms with Crippen molar-refractivity contribution in [2.24, 2.45) is 0 Å². The fraction of sp³-hybridized carbons (Fsp3) is 0.206. The summed E-state index contributed by atoms with van der Waals surface area (Å²) in [4.78, 5) is 10.7. The first-order valence-electron chi connectivity index (χ1n) is 26.5. The number of para-hydroxylation sites is 1. The molecule has 4 heteroatoms. The van der Waals surface area contributed by atoms with Gasteiger partial charge < -0.3 is 5.11 Å². The molecule has 0 bridgehead atoms. The minimum absolute atomic E-state index is 0.107. The largest absolute Gasteiger partial charge is 0.507 e. The average Bonchev–Trinajstić information content (AvgIpc) is 3.78. The van der Waals surface area contributed by atoms with Gasteiger partial charge in [0.25, 0.3) is 0 Å². The van der Waals surface area contributed by atoms with E-state index in [1.807, 2.05) is 54.7 Å². The molecular formula is C68H65N3O. The molecule has 358 valence electrons. The van der Waals surface area contributed by atoms with Gasteiger partial charge in [0.15, 0.2) is 0 Å². The fourth-order valence-corrected chi connectivity index (χ4v) is 9.82. The van der Waals surface area contributed by atoms with Crippen LogP contribution in [0, 0.1) is 13.8 Å². The summed E-state index contributed by atoms with van der Waals surface area (Å²) < 4.78 is 29.2. The van der Waals surface area contributed by atoms with Crippen LogP contribution in [0.5, 0.6) is 5.75 Å². The third-order valence-electron chi connectivity index (χ3n) is 14.0. The Labute approximate surface area is 431 Å². The lowest BCUT2D eigenvalue weighted by molar-refractivity contribution is 0.446. The fourth-order valence-electron chi connectivity index (χ4n) is 9.82. The van der Waals surface area contributed by atoms with Crippen LogP contribution in [0.4, 0.5) is 0 Å². The van der Waals surface area contributed by atoms with Gasteiger partial charge in [-0.25, -0.2) is 4.98 Å². The van der Waals surface area contributed by atoms with Gasteiger partial charge in [-0.05, 0) is 146 Å². The van der Waals surface area contributed by atoms with Crippen LogP contribution in [0.1, 0.15) is 94.2 Å². The number of aryl methyl sites for hydroxylation is 2. The predicted molar refractivity (Wildman–Crippen MR) is 304 cm³/mol. The van der Waals surface area contributed by atoms with E-state index in [0.29, 0.717) is 17.0 Å². The first-order chi connectivity index (χ1) is 35.5. The number of nitrogens with zero attached hydrogens (tertiary/aromatic N) is 3. The number of aromatic hydroxyl groups is 1. The average molecular weight is 943 g/mol. The predicted octanol–water partition coefficient (Wildman–Crippen LogP) is 18.3. The number of fused-ring (bicyclic) bond motifs is 1. The third-order valence-corrected chi connectivity index (χ3v) is 14.0. The highest BCUT2D eigenvalue weighted by Gasteiger charge is 2.30. The maximum absolute atomic E-state index is 12.8. The van der Waals surface area contributed by atoms with Crippen LogP contribution >= 0.6 is 0 Å². The van der Waals surface area contributed by atoms with Gasteiger partial charge in [0.1, 0.15) is 11.6 Å². The van der Waals surface area contributed by atoms with Crippen LogP contribution in [0.3, 0.4) is 0 Å². The minimum Gasteiger partial charge on any atom is -0.507 e. The molecule has 0 aliphatic heterocycles. The highest BCUT2D eigenvalue weighted by molar-refractivity contribution is 5.99. The second-order valence-corrected chi connectivity index (χ2v) is 22.4. The normalized spacial score (nSPS) is 12.9. The summed E-state index contributed by atoms with van der Waals surface area (Å²) in [6.45, 7) is 19.2. The number of imidazole rings is 1. The van der Waals surface area contributed by atoms with Crippen LogP contribution in [-0.2, 0) is 16.2 Å². The minimum atomic E-state index is -2.45. The lowest BCUT2D eigenvalue weighted by Crippen LogP contribution is -2.17. The molecule has 0 atom stereocenters. The Morgan fingerprint density at radius 3 is 1.72 bits per heavy atom. The Morgan fingerprint density at radius 2 is 1.07 bits per heavy atom. The number of hydrogen-bond donors (Lipinski definition) is 1. The standard InChI is InChI=1S/C68H65N3O/c1-43-25-27-46(28-26-43)49-33-34-69-60(39-49)52-37-50(45-19-14-12-15-20-45)36-51(38-52)55-23-18-24-61-63(55)70-65(58-40-54(67(6,7)8)41-59(64(58)72)68(9,10)11)71(61)62-42-56(47-21-16-13-17-22-47)44(2)35-57(62)48-29-31-53(32-30-48)66(3,4)5/h12-42,72H,1-11H3/i2D3. The van der Waals surface area contributed by atoms with Gasteiger partial charge in [-0.3, -0.25) is 9.55 Å². The number of rotatable bonds is 8. The van der Waals surface area contributed by atoms with E-state index in [9.17, 15) is 5.11 Å². The van der Waals surface area contributed by atoms with E-state index in [-0.39, 0.29) is 22.1 Å². The molecule has 0 aliphatic carbocycles. The summed E-state index contributed by atoms with van der Waals surface area (Å²) in [5.41, 5.74) is 17.4. The Balaban J connectivity index is 1.33. The zero-order valence-corrected chi connectivity index (χ0v) is 43.2. The van der Waals surface area contributed by atoms with Crippen LogP contribution in [0.25, 0.3) is 95.0 Å². The molecule has 0 radical (unpaired) electrons. The lowest BCUT2D eigenvalue weighted by atomic mass is 9.79. The van der Waals surface area contributed by atoms with Gasteiger partial charge in [0.2, 0.25) is 0 Å². The summed E-state index contributed by atoms with van der Waals surface area (Å²) in [5.74, 6) is 0.687. The molecule has 4 nitrogen and oxygen atoms in total. The van der Waals surface area contributed by atoms with Crippen LogP contribution < -0.4 is 0 Å². The van der Waals surface area contributed by atoms with Crippen molar-refractivity contribution in [2.75, 3.05) is 0 Å². The van der Waals surface area contributed by atoms with Crippen molar-refractivity contribution in [2.45, 2.75) is 92.3 Å². The van der Waals surface area contributed by atoms with E-state index in [0.717, 1.165) is 94.7 Å². The number of benzene rings is 8. The van der Waals surface area contributed by atoms with Gasteiger partial charge >= 0.3 is 0 Å². The molecule has 0 fully saturated rings. The SMILES string of the molecule is [2H]C([2H])([2H])c1cc(-c2ccc(C(C)(C)C)cc2)c(-n2c(-c3cc(C(C)(C)C)cc(C(C)(C)C)c3O)nc3c(-c4cc(-c5ccccc5)cc(-c5cc(-c6ccc(C)cc6)ccn5)c4)cccc32)cc1-c1ccccc1. The first-order valence-corrected chi connectivity index (χ1v) is 25.0. The van der Waals surface area contributed by atoms with Gasteiger partial charge in [-0.15, -0.1) is 0 Å². The molecule has 2 aromatic heterocycles. The van der Waals surface area contributed by atoms with Crippen molar-refractivity contribution in [3.8, 4) is 89.7 Å². The number of phenols is 1. The van der Waals surface area contributed by atoms with Gasteiger partial charge in [-0.2, -0.15) is 0 Å². The Hall–Kier alpha value is -7.82. The molecule has 0 spiro atoms. The molecule has 0 aliphatic rings. The van der Waals surface area contributed by atoms with E-state index >= 15 is 0 Å². The molecular weight excluding hydrogens is 875 g/mol. The number of phenolic OH excluding ortho intramolecular Hbond substituents is 1. The second kappa shape index (κ2) is 18.4. The zero-order valence-electron chi connectivity index (χ0n) is 46.2. The van der Waals surface area contributed by atoms with Crippen molar-refractivity contribution < 1.29 is 9.22 Å². The Bertz CT molecular complexity index is 3740. The Kier molecular flexibility index (Phi) is 11.3. The molecule has 8 aromatic carbocycles. The van der Waals surface area contributed by atoms with E-state index < -0.39 is 12.3 Å². The molecule has 0 unspecified atom stereocenters. The summed E-state index contributed by atoms with van der Waals surface area (Å²) in [6.07, 6.45) is 1.88. The Morgan fingerprint density at radius 1 is 0.458 bits per heavy atom. The zero-order chi connectivity index (χ0) is 53.2. The first kappa shape index (κ1) is 44.1. The van der Waals surface area contributed by atoms with Crippen molar-refractivity contribution in [3.05, 3.63) is 216 Å². The topological polar surface area (TPSA) is 50.9 Å². The van der Waals surface area contributed by atoms with Crippen molar-refractivity contribution >= 4 is 11.0 Å². The molecule has 0 amide bonds. The molecule has 1 N–H and O–H groups in total. The van der Waals surface area contributed by atoms with Crippen molar-refractivity contribution in [3.63, 3.8) is 0 Å². The van der Waals surface area contributed by atoms with Gasteiger partial charge in [0.05, 0.1) is 28.0 Å². The monoisotopic (exact) mass is 943 g/mol. The summed E-state index contributed by atoms with van der Waals surface area (Å²) >= 11 is 0. The van der Waals surface area contributed by atoms with Crippen LogP contribution in [-0.4, -0.2) is 19.6 Å². The molecule has 0 saturated carbocycles. The maximum Gasteiger partial charge on any atom is 0.149 e. The van der Waals surface area contributed by atoms with Gasteiger partial charge in [0, 0.05) is 32.6 Å². The summed E-state index contributed by atoms with van der Waals surface area (Å²) in [7, 11) is 0. The molecule has 10 aromatic rings. The van der Waals surface area contributed by atoms with E-state index in [1.165, 1.54) is 5.56 Å². The highest BCUT2D eigenvalue weighted by atomic mass is 16.3. The lowest BCUT2D eigenvalue weighted by Gasteiger charge is -2.28. The molecule has 72 heavy (non-hydrogen) atoms. The van der Waals surface area contributed by atoms with Gasteiger partial charge in [-0.1, -0.05) is 195 Å². The van der Waals surface area contributed by atoms with Crippen molar-refractivity contribution in [1.29, 1.82) is 0 Å². The summed E-state index contributed by atoms with van der Waals surface area (Å²) in [5, 5.41) is 12.8. The van der Waals surface area contributed by atoms with E-state index in [2.05, 4.69) is 207 Å². The van der Waals surface area contributed by atoms with Crippen molar-refractivity contribution in [1.82, 2.24) is 14.5 Å². The van der Waals surface area contributed by atoms with E-state index in [4.69, 9.17) is 14.1 Å². The summed E-state index contributed by atoms with van der Waals surface area (Å²) in [6, 6.07) is 62.5. The second-order valence-electron chi connectivity index (χ2n) is 22.4. The van der Waals surface area contributed by atoms with Crippen LogP contribution in [0.2, 0.25) is 0 Å². The molecule has 0 saturated heterocycles. The smallest absolute Gasteiger partial charge is 0.149 e. The maximum atomic E-state index is 12.8. The van der Waals surface area contributed by atoms with Crippen LogP contribution in [0.15, 0.2) is 188 Å². The molecule has 10 rings (SSSR count).